The summed E-state index contributed by atoms with van der Waals surface area (Å²) in [4.78, 5) is 32.6. The lowest BCUT2D eigenvalue weighted by Crippen LogP contribution is -3.00. The Hall–Kier alpha value is -0.840. The number of thioether (sulfide) groups is 1. The summed E-state index contributed by atoms with van der Waals surface area (Å²) in [6.45, 7) is 5.36. The molecule has 1 unspecified atom stereocenters. The van der Waals surface area contributed by atoms with Crippen LogP contribution < -0.4 is 17.7 Å². The molecule has 8 nitrogen and oxygen atoms in total. The summed E-state index contributed by atoms with van der Waals surface area (Å²) in [6, 6.07) is 0.0226. The highest BCUT2D eigenvalue weighted by molar-refractivity contribution is 8.03. The van der Waals surface area contributed by atoms with Crippen molar-refractivity contribution >= 4 is 23.6 Å². The number of quaternary nitrogens is 1. The van der Waals surface area contributed by atoms with Gasteiger partial charge in [-0.1, -0.05) is 6.92 Å². The van der Waals surface area contributed by atoms with E-state index in [4.69, 9.17) is 4.84 Å². The van der Waals surface area contributed by atoms with Gasteiger partial charge in [0.25, 0.3) is 0 Å². The van der Waals surface area contributed by atoms with Crippen molar-refractivity contribution in [3.05, 3.63) is 10.6 Å². The molecule has 29 heavy (non-hydrogen) atoms. The summed E-state index contributed by atoms with van der Waals surface area (Å²) in [5.74, 6) is -1.92. The van der Waals surface area contributed by atoms with Crippen molar-refractivity contribution < 1.29 is 41.7 Å². The summed E-state index contributed by atoms with van der Waals surface area (Å²) in [5.41, 5.74) is 0.114. The van der Waals surface area contributed by atoms with Crippen molar-refractivity contribution in [3.63, 3.8) is 0 Å². The number of hydrogen-bond donors (Lipinski definition) is 3. The predicted octanol–water partition coefficient (Wildman–Crippen LogP) is -2.61. The zero-order valence-corrected chi connectivity index (χ0v) is 18.7. The van der Waals surface area contributed by atoms with Crippen LogP contribution in [0.3, 0.4) is 0 Å². The van der Waals surface area contributed by atoms with E-state index < -0.39 is 18.0 Å². The van der Waals surface area contributed by atoms with Gasteiger partial charge in [0.15, 0.2) is 0 Å². The first-order valence-electron chi connectivity index (χ1n) is 10.0. The van der Waals surface area contributed by atoms with Gasteiger partial charge < -0.3 is 32.8 Å². The minimum atomic E-state index is -1.06. The van der Waals surface area contributed by atoms with Crippen LogP contribution in [0.4, 0.5) is 0 Å². The molecule has 4 heterocycles. The number of aliphatic hydroxyl groups excluding tert-OH is 1. The normalized spacial score (nSPS) is 39.2. The Labute approximate surface area is 181 Å². The Bertz CT molecular complexity index is 731. The molecular formula is C19H30ClN3O5S. The van der Waals surface area contributed by atoms with Crippen molar-refractivity contribution in [2.75, 3.05) is 27.2 Å². The second-order valence-electron chi connectivity index (χ2n) is 8.99. The lowest BCUT2D eigenvalue weighted by atomic mass is 9.79. The highest BCUT2D eigenvalue weighted by atomic mass is 35.5. The van der Waals surface area contributed by atoms with E-state index in [0.29, 0.717) is 4.65 Å². The van der Waals surface area contributed by atoms with Crippen LogP contribution in [0, 0.1) is 11.8 Å². The largest absolute Gasteiger partial charge is 1.00 e. The fraction of sp³-hybridized carbons (Fsp3) is 0.789. The molecular weight excluding hydrogens is 418 g/mol. The first kappa shape index (κ1) is 22.8. The highest BCUT2D eigenvalue weighted by Crippen LogP contribution is 2.52. The van der Waals surface area contributed by atoms with E-state index >= 15 is 0 Å². The maximum Gasteiger partial charge on any atom is 0.353 e. The van der Waals surface area contributed by atoms with Crippen molar-refractivity contribution in [2.24, 2.45) is 11.8 Å². The molecule has 10 heteroatoms. The van der Waals surface area contributed by atoms with E-state index in [1.807, 2.05) is 6.92 Å². The topological polar surface area (TPSA) is 99.1 Å². The maximum atomic E-state index is 12.4. The first-order chi connectivity index (χ1) is 13.1. The molecule has 1 amide bonds. The van der Waals surface area contributed by atoms with Gasteiger partial charge in [-0.15, -0.1) is 11.8 Å². The number of carboxylic acids is 1. The Morgan fingerprint density at radius 1 is 1.41 bits per heavy atom. The van der Waals surface area contributed by atoms with Gasteiger partial charge in [0.05, 0.1) is 32.2 Å². The first-order valence-corrected chi connectivity index (χ1v) is 10.9. The van der Waals surface area contributed by atoms with Crippen LogP contribution in [0.1, 0.15) is 26.7 Å². The molecule has 0 aromatic rings. The van der Waals surface area contributed by atoms with Crippen LogP contribution in [0.5, 0.6) is 0 Å². The fourth-order valence-corrected chi connectivity index (χ4v) is 6.64. The minimum Gasteiger partial charge on any atom is -1.00 e. The number of amides is 1. The third kappa shape index (κ3) is 3.81. The number of nitrogens with one attached hydrogen (secondary N) is 1. The van der Waals surface area contributed by atoms with Crippen molar-refractivity contribution in [1.82, 2.24) is 10.2 Å². The van der Waals surface area contributed by atoms with E-state index in [1.54, 1.807) is 18.7 Å². The van der Waals surface area contributed by atoms with Gasteiger partial charge in [-0.3, -0.25) is 4.79 Å². The van der Waals surface area contributed by atoms with Gasteiger partial charge in [-0.25, -0.2) is 4.79 Å². The number of hydrogen-bond acceptors (Lipinski definition) is 6. The lowest BCUT2D eigenvalue weighted by molar-refractivity contribution is -1.06. The molecule has 0 radical (unpaired) electrons. The quantitative estimate of drug-likeness (QED) is 0.313. The van der Waals surface area contributed by atoms with Crippen molar-refractivity contribution in [2.45, 2.75) is 56.2 Å². The number of carbonyl (C=O) groups excluding carboxylic acids is 1. The number of aliphatic hydroxyl groups is 1. The summed E-state index contributed by atoms with van der Waals surface area (Å²) in [7, 11) is 4.12. The zero-order chi connectivity index (χ0) is 20.4. The summed E-state index contributed by atoms with van der Waals surface area (Å²) in [6.07, 6.45) is 1.34. The van der Waals surface area contributed by atoms with Crippen molar-refractivity contribution in [3.8, 4) is 0 Å². The summed E-state index contributed by atoms with van der Waals surface area (Å²) in [5, 5.41) is 23.5. The van der Waals surface area contributed by atoms with E-state index in [1.165, 1.54) is 4.90 Å². The second kappa shape index (κ2) is 8.01. The Balaban J connectivity index is 0.00000240. The number of halogens is 1. The van der Waals surface area contributed by atoms with E-state index in [-0.39, 0.29) is 53.4 Å². The summed E-state index contributed by atoms with van der Waals surface area (Å²) >= 11 is 1.59. The Morgan fingerprint density at radius 2 is 2.10 bits per heavy atom. The molecule has 0 aliphatic carbocycles. The Morgan fingerprint density at radius 3 is 2.66 bits per heavy atom. The zero-order valence-electron chi connectivity index (χ0n) is 17.2. The molecule has 164 valence electrons. The van der Waals surface area contributed by atoms with Crippen LogP contribution in [0.25, 0.3) is 0 Å². The molecule has 0 spiro atoms. The molecule has 4 aliphatic rings. The number of carbonyl (C=O) groups is 2. The van der Waals surface area contributed by atoms with Gasteiger partial charge in [0.1, 0.15) is 18.3 Å². The molecule has 0 saturated carbocycles. The number of aliphatic carboxylic acids is 1. The average Bonchev–Trinajstić information content (AvgIpc) is 3.25. The average molecular weight is 448 g/mol. The van der Waals surface area contributed by atoms with Crippen LogP contribution in [0.2, 0.25) is 0 Å². The van der Waals surface area contributed by atoms with Gasteiger partial charge in [0.2, 0.25) is 5.91 Å². The second-order valence-corrected chi connectivity index (χ2v) is 10.3. The van der Waals surface area contributed by atoms with Gasteiger partial charge >= 0.3 is 5.97 Å². The molecule has 3 N–H and O–H groups in total. The predicted molar refractivity (Wildman–Crippen MR) is 104 cm³/mol. The number of nitrogens with zero attached hydrogens (tertiary/aromatic N) is 2. The maximum absolute atomic E-state index is 12.4. The third-order valence-corrected chi connectivity index (χ3v) is 8.06. The molecule has 4 rings (SSSR count). The number of β-lactam (4-membered cyclic amide) rings is 1. The third-order valence-electron chi connectivity index (χ3n) is 6.55. The number of carboxylic acid groups (broad SMARTS) is 1. The minimum absolute atomic E-state index is 0. The van der Waals surface area contributed by atoms with Crippen LogP contribution in [-0.4, -0.2) is 88.4 Å². The summed E-state index contributed by atoms with van der Waals surface area (Å²) < 4.78 is 0.575. The molecule has 7 atom stereocenters. The monoisotopic (exact) mass is 447 g/mol. The standard InChI is InChI=1S/C19H29N3O5S.ClH/c1-9-15-14(10(2)23)18(24)21(15)16(19(25)26)17(9)28-11-7-12(20-8-11)13-5-6-22(3,4)27-13;/h9-15,20,23H,5-8H2,1-4H3;1H/t9-,10-,11+,12+,13?,14-,15-;/m1./s1. The fourth-order valence-electron chi connectivity index (χ4n) is 5.15. The molecule has 0 aromatic heterocycles. The molecule has 0 bridgehead atoms. The lowest BCUT2D eigenvalue weighted by Gasteiger charge is -2.46. The number of rotatable bonds is 5. The smallest absolute Gasteiger partial charge is 0.353 e. The highest BCUT2D eigenvalue weighted by Gasteiger charge is 2.60. The number of fused-ring (bicyclic) bond motifs is 1. The van der Waals surface area contributed by atoms with Gasteiger partial charge in [-0.2, -0.15) is 9.48 Å². The van der Waals surface area contributed by atoms with Crippen LogP contribution in [0.15, 0.2) is 10.6 Å². The van der Waals surface area contributed by atoms with E-state index in [0.717, 1.165) is 30.8 Å². The van der Waals surface area contributed by atoms with Crippen LogP contribution >= 0.6 is 11.8 Å². The molecule has 3 fully saturated rings. The molecule has 3 saturated heterocycles. The van der Waals surface area contributed by atoms with Gasteiger partial charge in [0, 0.05) is 35.1 Å². The number of hydroxylamine groups is 3. The van der Waals surface area contributed by atoms with Gasteiger partial charge in [-0.05, 0) is 13.3 Å². The molecule has 0 aromatic carbocycles. The molecule has 4 aliphatic heterocycles. The Kier molecular flexibility index (Phi) is 6.31. The van der Waals surface area contributed by atoms with Crippen molar-refractivity contribution in [1.29, 1.82) is 0 Å². The SMILES string of the molecule is C[C@@H](O)[C@H]1C(=O)N2C(C(=O)O)=C(S[C@@H]3CN[C@H](C4CC[N+](C)(C)O4)C3)[C@H](C)[C@H]12.[Cl-]. The van der Waals surface area contributed by atoms with E-state index in [9.17, 15) is 19.8 Å². The van der Waals surface area contributed by atoms with Crippen LogP contribution in [-0.2, 0) is 14.4 Å². The van der Waals surface area contributed by atoms with E-state index in [2.05, 4.69) is 19.4 Å².